The molecular weight excluding hydrogens is 477 g/mol. The number of piperazine rings is 1. The third-order valence-electron chi connectivity index (χ3n) is 5.50. The van der Waals surface area contributed by atoms with Crippen LogP contribution in [0.3, 0.4) is 0 Å². The van der Waals surface area contributed by atoms with Gasteiger partial charge >= 0.3 is 0 Å². The molecular formula is C22H40IN5O. The molecule has 29 heavy (non-hydrogen) atoms. The fourth-order valence-corrected chi connectivity index (χ4v) is 3.63. The van der Waals surface area contributed by atoms with E-state index in [1.54, 1.807) is 7.11 Å². The molecule has 1 saturated heterocycles. The summed E-state index contributed by atoms with van der Waals surface area (Å²) in [5.41, 5.74) is 2.44. The maximum Gasteiger partial charge on any atom is 0.190 e. The fraction of sp³-hybridized carbons (Fsp3) is 0.682. The Hall–Kier alpha value is -1.06. The van der Waals surface area contributed by atoms with Gasteiger partial charge in [-0.15, -0.1) is 24.0 Å². The minimum Gasteiger partial charge on any atom is -0.496 e. The number of rotatable bonds is 9. The van der Waals surface area contributed by atoms with Gasteiger partial charge in [-0.3, -0.25) is 4.99 Å². The van der Waals surface area contributed by atoms with Gasteiger partial charge in [-0.2, -0.15) is 0 Å². The quantitative estimate of drug-likeness (QED) is 0.300. The summed E-state index contributed by atoms with van der Waals surface area (Å²) in [6.07, 6.45) is 0.939. The molecule has 0 bridgehead atoms. The fourth-order valence-electron chi connectivity index (χ4n) is 3.63. The van der Waals surface area contributed by atoms with Gasteiger partial charge in [0.1, 0.15) is 5.75 Å². The van der Waals surface area contributed by atoms with Gasteiger partial charge in [0.05, 0.1) is 7.11 Å². The molecule has 0 amide bonds. The number of hydrogen-bond acceptors (Lipinski definition) is 4. The Bertz CT molecular complexity index is 617. The van der Waals surface area contributed by atoms with Gasteiger partial charge in [-0.25, -0.2) is 0 Å². The van der Waals surface area contributed by atoms with E-state index in [0.717, 1.165) is 37.8 Å². The summed E-state index contributed by atoms with van der Waals surface area (Å²) in [5.74, 6) is 2.42. The molecule has 0 radical (unpaired) electrons. The van der Waals surface area contributed by atoms with Crippen molar-refractivity contribution in [2.45, 2.75) is 27.2 Å². The number of nitrogens with zero attached hydrogens (tertiary/aromatic N) is 3. The maximum absolute atomic E-state index is 5.41. The Kier molecular flexibility index (Phi) is 12.6. The summed E-state index contributed by atoms with van der Waals surface area (Å²) < 4.78 is 5.41. The average Bonchev–Trinajstić information content (AvgIpc) is 2.72. The first kappa shape index (κ1) is 26.0. The Morgan fingerprint density at radius 1 is 1.17 bits per heavy atom. The zero-order valence-electron chi connectivity index (χ0n) is 18.8. The van der Waals surface area contributed by atoms with Gasteiger partial charge in [0.15, 0.2) is 5.96 Å². The lowest BCUT2D eigenvalue weighted by Crippen LogP contribution is -2.48. The minimum absolute atomic E-state index is 0. The first-order valence-corrected chi connectivity index (χ1v) is 10.6. The monoisotopic (exact) mass is 517 g/mol. The number of halogens is 1. The van der Waals surface area contributed by atoms with Crippen LogP contribution in [0.4, 0.5) is 0 Å². The van der Waals surface area contributed by atoms with Crippen molar-refractivity contribution in [1.29, 1.82) is 0 Å². The molecule has 1 aliphatic heterocycles. The third kappa shape index (κ3) is 9.09. The number of aryl methyl sites for hydroxylation is 1. The van der Waals surface area contributed by atoms with Crippen molar-refractivity contribution in [3.8, 4) is 5.75 Å². The molecule has 1 heterocycles. The summed E-state index contributed by atoms with van der Waals surface area (Å²) in [7, 11) is 3.56. The number of likely N-dealkylation sites (N-methyl/N-ethyl adjacent to an activating group) is 1. The molecule has 166 valence electrons. The second kappa shape index (κ2) is 14.0. The molecule has 1 fully saturated rings. The molecule has 1 atom stereocenters. The molecule has 0 aliphatic carbocycles. The second-order valence-electron chi connectivity index (χ2n) is 7.77. The van der Waals surface area contributed by atoms with Crippen LogP contribution in [-0.4, -0.2) is 82.3 Å². The number of nitrogens with one attached hydrogen (secondary N) is 2. The number of hydrogen-bond donors (Lipinski definition) is 2. The van der Waals surface area contributed by atoms with Gasteiger partial charge in [0.2, 0.25) is 0 Å². The van der Waals surface area contributed by atoms with Crippen LogP contribution in [0.2, 0.25) is 0 Å². The van der Waals surface area contributed by atoms with Crippen LogP contribution >= 0.6 is 24.0 Å². The molecule has 1 aromatic rings. The predicted octanol–water partition coefficient (Wildman–Crippen LogP) is 2.60. The number of guanidine groups is 1. The van der Waals surface area contributed by atoms with E-state index in [-0.39, 0.29) is 24.0 Å². The van der Waals surface area contributed by atoms with Crippen LogP contribution in [0.1, 0.15) is 25.0 Å². The topological polar surface area (TPSA) is 52.1 Å². The lowest BCUT2D eigenvalue weighted by atomic mass is 10.1. The molecule has 1 aromatic carbocycles. The summed E-state index contributed by atoms with van der Waals surface area (Å²) in [6.45, 7) is 15.5. The normalized spacial score (nSPS) is 16.8. The average molecular weight is 518 g/mol. The van der Waals surface area contributed by atoms with Crippen molar-refractivity contribution in [3.63, 3.8) is 0 Å². The van der Waals surface area contributed by atoms with Crippen LogP contribution in [0.25, 0.3) is 0 Å². The highest BCUT2D eigenvalue weighted by Crippen LogP contribution is 2.19. The van der Waals surface area contributed by atoms with E-state index in [4.69, 9.17) is 4.74 Å². The van der Waals surface area contributed by atoms with Crippen LogP contribution in [0.5, 0.6) is 5.75 Å². The predicted molar refractivity (Wildman–Crippen MR) is 134 cm³/mol. The second-order valence-corrected chi connectivity index (χ2v) is 7.77. The molecule has 7 heteroatoms. The van der Waals surface area contributed by atoms with E-state index >= 15 is 0 Å². The molecule has 2 rings (SSSR count). The maximum atomic E-state index is 5.41. The SMILES string of the molecule is CCN1CCN(CC(C)CNC(=NC)NCCc2ccc(C)c(OC)c2)CC1.I. The first-order chi connectivity index (χ1) is 13.5. The lowest BCUT2D eigenvalue weighted by Gasteiger charge is -2.35. The van der Waals surface area contributed by atoms with Crippen molar-refractivity contribution >= 4 is 29.9 Å². The summed E-state index contributed by atoms with van der Waals surface area (Å²) in [6, 6.07) is 6.40. The van der Waals surface area contributed by atoms with E-state index in [1.807, 2.05) is 7.05 Å². The Balaban J connectivity index is 0.00000420. The van der Waals surface area contributed by atoms with Crippen LogP contribution in [0.15, 0.2) is 23.2 Å². The summed E-state index contributed by atoms with van der Waals surface area (Å²) in [5, 5.41) is 6.89. The third-order valence-corrected chi connectivity index (χ3v) is 5.50. The van der Waals surface area contributed by atoms with Crippen LogP contribution in [-0.2, 0) is 6.42 Å². The molecule has 0 aromatic heterocycles. The van der Waals surface area contributed by atoms with Gasteiger partial charge in [-0.1, -0.05) is 26.0 Å². The first-order valence-electron chi connectivity index (χ1n) is 10.6. The molecule has 2 N–H and O–H groups in total. The Labute approximate surface area is 194 Å². The van der Waals surface area contributed by atoms with Crippen LogP contribution < -0.4 is 15.4 Å². The summed E-state index contributed by atoms with van der Waals surface area (Å²) in [4.78, 5) is 9.46. The Morgan fingerprint density at radius 2 is 1.86 bits per heavy atom. The number of benzene rings is 1. The molecule has 0 saturated carbocycles. The highest BCUT2D eigenvalue weighted by molar-refractivity contribution is 14.0. The largest absolute Gasteiger partial charge is 0.496 e. The lowest BCUT2D eigenvalue weighted by molar-refractivity contribution is 0.124. The highest BCUT2D eigenvalue weighted by Gasteiger charge is 2.17. The molecule has 1 aliphatic rings. The van der Waals surface area contributed by atoms with E-state index in [0.29, 0.717) is 5.92 Å². The zero-order valence-corrected chi connectivity index (χ0v) is 21.2. The van der Waals surface area contributed by atoms with Crippen molar-refractivity contribution in [1.82, 2.24) is 20.4 Å². The molecule has 1 unspecified atom stereocenters. The zero-order chi connectivity index (χ0) is 20.4. The van der Waals surface area contributed by atoms with Gasteiger partial charge < -0.3 is 25.2 Å². The smallest absolute Gasteiger partial charge is 0.190 e. The summed E-state index contributed by atoms with van der Waals surface area (Å²) >= 11 is 0. The standard InChI is InChI=1S/C22H39N5O.HI/c1-6-26-11-13-27(14-12-26)17-18(2)16-25-22(23-4)24-10-9-20-8-7-19(3)21(15-20)28-5;/h7-8,15,18H,6,9-14,16-17H2,1-5H3,(H2,23,24,25);1H. The van der Waals surface area contributed by atoms with E-state index in [9.17, 15) is 0 Å². The molecule has 6 nitrogen and oxygen atoms in total. The van der Waals surface area contributed by atoms with Gasteiger partial charge in [0, 0.05) is 52.9 Å². The number of ether oxygens (including phenoxy) is 1. The van der Waals surface area contributed by atoms with E-state index in [1.165, 1.54) is 43.9 Å². The number of methoxy groups -OCH3 is 1. The number of aliphatic imine (C=N–C) groups is 1. The van der Waals surface area contributed by atoms with E-state index < -0.39 is 0 Å². The van der Waals surface area contributed by atoms with Crippen molar-refractivity contribution in [2.24, 2.45) is 10.9 Å². The van der Waals surface area contributed by atoms with Crippen LogP contribution in [0, 0.1) is 12.8 Å². The van der Waals surface area contributed by atoms with Crippen molar-refractivity contribution in [3.05, 3.63) is 29.3 Å². The highest BCUT2D eigenvalue weighted by atomic mass is 127. The van der Waals surface area contributed by atoms with Crippen molar-refractivity contribution in [2.75, 3.05) is 66.5 Å². The molecule has 0 spiro atoms. The van der Waals surface area contributed by atoms with Gasteiger partial charge in [-0.05, 0) is 43.0 Å². The van der Waals surface area contributed by atoms with Gasteiger partial charge in [0.25, 0.3) is 0 Å². The minimum atomic E-state index is 0. The Morgan fingerprint density at radius 3 is 2.48 bits per heavy atom. The van der Waals surface area contributed by atoms with E-state index in [2.05, 4.69) is 64.4 Å². The van der Waals surface area contributed by atoms with Crippen molar-refractivity contribution < 1.29 is 4.74 Å².